The largest absolute Gasteiger partial charge is 0.394 e. The molecule has 8 nitrogen and oxygen atoms in total. The molecule has 0 aliphatic carbocycles. The van der Waals surface area contributed by atoms with Gasteiger partial charge in [0.15, 0.2) is 6.23 Å². The van der Waals surface area contributed by atoms with E-state index >= 15 is 0 Å². The molecule has 1 aliphatic rings. The predicted octanol–water partition coefficient (Wildman–Crippen LogP) is -1.05. The number of nitrogens with zero attached hydrogens (tertiary/aromatic N) is 2. The first-order valence-corrected chi connectivity index (χ1v) is 5.90. The minimum absolute atomic E-state index is 0.233. The van der Waals surface area contributed by atoms with Crippen molar-refractivity contribution >= 4 is 16.7 Å². The summed E-state index contributed by atoms with van der Waals surface area (Å²) in [5.41, 5.74) is 5.82. The van der Waals surface area contributed by atoms with Crippen molar-refractivity contribution in [2.75, 3.05) is 12.3 Å². The highest BCUT2D eigenvalue weighted by molar-refractivity contribution is 5.79. The summed E-state index contributed by atoms with van der Waals surface area (Å²) in [7, 11) is 0. The molecule has 0 aromatic carbocycles. The van der Waals surface area contributed by atoms with Gasteiger partial charge in [0.1, 0.15) is 11.9 Å². The van der Waals surface area contributed by atoms with Crippen LogP contribution >= 0.6 is 0 Å². The first-order valence-electron chi connectivity index (χ1n) is 5.90. The summed E-state index contributed by atoms with van der Waals surface area (Å²) in [6.07, 6.45) is -0.187. The summed E-state index contributed by atoms with van der Waals surface area (Å²) in [6, 6.07) is 1.59. The van der Waals surface area contributed by atoms with E-state index in [0.29, 0.717) is 17.3 Å². The Morgan fingerprint density at radius 3 is 3.11 bits per heavy atom. The molecule has 102 valence electrons. The zero-order valence-electron chi connectivity index (χ0n) is 9.98. The van der Waals surface area contributed by atoms with E-state index in [-0.39, 0.29) is 18.0 Å². The number of aliphatic hydroxyl groups is 2. The maximum absolute atomic E-state index is 11.7. The van der Waals surface area contributed by atoms with Crippen molar-refractivity contribution in [3.05, 3.63) is 22.6 Å². The zero-order valence-corrected chi connectivity index (χ0v) is 9.98. The van der Waals surface area contributed by atoms with Crippen molar-refractivity contribution in [3.8, 4) is 0 Å². The van der Waals surface area contributed by atoms with E-state index in [2.05, 4.69) is 10.1 Å². The average Bonchev–Trinajstić information content (AvgIpc) is 2.92. The molecule has 0 unspecified atom stereocenters. The van der Waals surface area contributed by atoms with Crippen LogP contribution in [0.25, 0.3) is 10.9 Å². The van der Waals surface area contributed by atoms with Crippen LogP contribution in [0.1, 0.15) is 12.6 Å². The summed E-state index contributed by atoms with van der Waals surface area (Å²) in [6.45, 7) is -0.264. The second-order valence-corrected chi connectivity index (χ2v) is 4.56. The number of aromatic nitrogens is 3. The summed E-state index contributed by atoms with van der Waals surface area (Å²) in [4.78, 5) is 14.2. The number of pyridine rings is 1. The molecule has 3 rings (SSSR count). The SMILES string of the molecule is Nc1cc2c(cnn2[C@@H]2C[C@H](O)[C@@H](CO)O2)c(=O)[nH]1. The van der Waals surface area contributed by atoms with E-state index in [1.54, 1.807) is 6.07 Å². The molecule has 3 atom stereocenters. The number of anilines is 1. The third-order valence-corrected chi connectivity index (χ3v) is 3.29. The van der Waals surface area contributed by atoms with E-state index in [1.807, 2.05) is 0 Å². The molecule has 2 aromatic heterocycles. The van der Waals surface area contributed by atoms with E-state index in [0.717, 1.165) is 0 Å². The Balaban J connectivity index is 2.05. The van der Waals surface area contributed by atoms with Gasteiger partial charge in [0.2, 0.25) is 0 Å². The molecule has 1 fully saturated rings. The van der Waals surface area contributed by atoms with Gasteiger partial charge < -0.3 is 25.7 Å². The third kappa shape index (κ3) is 1.89. The number of fused-ring (bicyclic) bond motifs is 1. The monoisotopic (exact) mass is 266 g/mol. The minimum Gasteiger partial charge on any atom is -0.394 e. The number of hydrogen-bond donors (Lipinski definition) is 4. The minimum atomic E-state index is -0.756. The fraction of sp³-hybridized carbons (Fsp3) is 0.455. The summed E-state index contributed by atoms with van der Waals surface area (Å²) in [5.74, 6) is 0.233. The Morgan fingerprint density at radius 1 is 1.63 bits per heavy atom. The van der Waals surface area contributed by atoms with Crippen LogP contribution in [-0.2, 0) is 4.74 Å². The maximum Gasteiger partial charge on any atom is 0.260 e. The van der Waals surface area contributed by atoms with Crippen molar-refractivity contribution in [2.45, 2.75) is 24.9 Å². The Bertz CT molecular complexity index is 664. The molecule has 2 aromatic rings. The fourth-order valence-corrected chi connectivity index (χ4v) is 2.33. The van der Waals surface area contributed by atoms with Gasteiger partial charge in [-0.2, -0.15) is 5.10 Å². The molecular weight excluding hydrogens is 252 g/mol. The van der Waals surface area contributed by atoms with Gasteiger partial charge in [0.25, 0.3) is 5.56 Å². The van der Waals surface area contributed by atoms with Gasteiger partial charge in [-0.1, -0.05) is 0 Å². The molecule has 0 spiro atoms. The number of nitrogen functional groups attached to an aromatic ring is 1. The number of aromatic amines is 1. The smallest absolute Gasteiger partial charge is 0.260 e. The lowest BCUT2D eigenvalue weighted by atomic mass is 10.2. The number of ether oxygens (including phenoxy) is 1. The first kappa shape index (κ1) is 12.2. The molecule has 0 saturated carbocycles. The highest BCUT2D eigenvalue weighted by atomic mass is 16.5. The molecular formula is C11H14N4O4. The molecule has 0 bridgehead atoms. The maximum atomic E-state index is 11.7. The van der Waals surface area contributed by atoms with Gasteiger partial charge in [-0.3, -0.25) is 4.79 Å². The van der Waals surface area contributed by atoms with Crippen LogP contribution < -0.4 is 11.3 Å². The molecule has 1 saturated heterocycles. The second-order valence-electron chi connectivity index (χ2n) is 4.56. The summed E-state index contributed by atoms with van der Waals surface area (Å²) in [5, 5.41) is 23.3. The molecule has 5 N–H and O–H groups in total. The highest BCUT2D eigenvalue weighted by Crippen LogP contribution is 2.30. The Morgan fingerprint density at radius 2 is 2.42 bits per heavy atom. The molecule has 0 radical (unpaired) electrons. The van der Waals surface area contributed by atoms with Crippen molar-refractivity contribution < 1.29 is 14.9 Å². The van der Waals surface area contributed by atoms with Crippen LogP contribution in [0.5, 0.6) is 0 Å². The lowest BCUT2D eigenvalue weighted by Gasteiger charge is -2.13. The molecule has 3 heterocycles. The van der Waals surface area contributed by atoms with Gasteiger partial charge in [-0.05, 0) is 0 Å². The lowest BCUT2D eigenvalue weighted by Crippen LogP contribution is -2.24. The normalized spacial score (nSPS) is 27.2. The van der Waals surface area contributed by atoms with Gasteiger partial charge >= 0.3 is 0 Å². The zero-order chi connectivity index (χ0) is 13.6. The number of rotatable bonds is 2. The number of nitrogens with two attached hydrogens (primary N) is 1. The van der Waals surface area contributed by atoms with Crippen LogP contribution in [0.15, 0.2) is 17.1 Å². The van der Waals surface area contributed by atoms with Gasteiger partial charge in [0.05, 0.1) is 29.8 Å². The average molecular weight is 266 g/mol. The van der Waals surface area contributed by atoms with Crippen LogP contribution in [0.3, 0.4) is 0 Å². The van der Waals surface area contributed by atoms with E-state index < -0.39 is 18.4 Å². The summed E-state index contributed by atoms with van der Waals surface area (Å²) < 4.78 is 7.00. The van der Waals surface area contributed by atoms with Crippen LogP contribution in [0.2, 0.25) is 0 Å². The molecule has 0 amide bonds. The first-order chi connectivity index (χ1) is 9.10. The van der Waals surface area contributed by atoms with E-state index in [4.69, 9.17) is 15.6 Å². The fourth-order valence-electron chi connectivity index (χ4n) is 2.33. The Hall–Kier alpha value is -1.90. The Labute approximate surface area is 107 Å². The quantitative estimate of drug-likeness (QED) is 0.549. The topological polar surface area (TPSA) is 126 Å². The van der Waals surface area contributed by atoms with Crippen LogP contribution in [-0.4, -0.2) is 43.8 Å². The van der Waals surface area contributed by atoms with Gasteiger partial charge in [-0.15, -0.1) is 0 Å². The third-order valence-electron chi connectivity index (χ3n) is 3.29. The lowest BCUT2D eigenvalue weighted by molar-refractivity contribution is -0.0468. The number of H-pyrrole nitrogens is 1. The standard InChI is InChI=1S/C11H14N4O4/c12-9-1-6-5(11(18)14-9)3-13-15(6)10-2-7(17)8(4-16)19-10/h1,3,7-8,10,16-17H,2,4H2,(H3,12,14,18)/t7-,8+,10-/m0/s1. The van der Waals surface area contributed by atoms with E-state index in [9.17, 15) is 9.90 Å². The molecule has 19 heavy (non-hydrogen) atoms. The summed E-state index contributed by atoms with van der Waals surface area (Å²) >= 11 is 0. The van der Waals surface area contributed by atoms with Crippen molar-refractivity contribution in [2.24, 2.45) is 0 Å². The van der Waals surface area contributed by atoms with E-state index in [1.165, 1.54) is 10.9 Å². The number of aliphatic hydroxyl groups excluding tert-OH is 2. The highest BCUT2D eigenvalue weighted by Gasteiger charge is 2.35. The molecule has 8 heteroatoms. The number of hydrogen-bond acceptors (Lipinski definition) is 6. The van der Waals surface area contributed by atoms with Crippen molar-refractivity contribution in [3.63, 3.8) is 0 Å². The number of nitrogens with one attached hydrogen (secondary N) is 1. The second kappa shape index (κ2) is 4.34. The van der Waals surface area contributed by atoms with Crippen molar-refractivity contribution in [1.82, 2.24) is 14.8 Å². The predicted molar refractivity (Wildman–Crippen MR) is 66.4 cm³/mol. The van der Waals surface area contributed by atoms with Crippen molar-refractivity contribution in [1.29, 1.82) is 0 Å². The van der Waals surface area contributed by atoms with Crippen LogP contribution in [0, 0.1) is 0 Å². The molecule has 1 aliphatic heterocycles. The Kier molecular flexibility index (Phi) is 2.77. The van der Waals surface area contributed by atoms with Gasteiger partial charge in [0, 0.05) is 12.5 Å². The van der Waals surface area contributed by atoms with Gasteiger partial charge in [-0.25, -0.2) is 4.68 Å². The van der Waals surface area contributed by atoms with Crippen LogP contribution in [0.4, 0.5) is 5.82 Å².